The van der Waals surface area contributed by atoms with Crippen LogP contribution in [0.5, 0.6) is 0 Å². The molecule has 3 aromatic rings. The Bertz CT molecular complexity index is 983. The summed E-state index contributed by atoms with van der Waals surface area (Å²) < 4.78 is 28.0. The summed E-state index contributed by atoms with van der Waals surface area (Å²) in [6.45, 7) is 0.943. The zero-order valence-corrected chi connectivity index (χ0v) is 15.2. The molecule has 7 heteroatoms. The van der Waals surface area contributed by atoms with Crippen LogP contribution >= 0.6 is 0 Å². The highest BCUT2D eigenvalue weighted by molar-refractivity contribution is 5.78. The third-order valence-electron chi connectivity index (χ3n) is 4.76. The number of carbonyl (C=O) groups excluding carboxylic acids is 1. The molecule has 0 unspecified atom stereocenters. The lowest BCUT2D eigenvalue weighted by Crippen LogP contribution is -2.28. The van der Waals surface area contributed by atoms with Crippen LogP contribution in [0.3, 0.4) is 0 Å². The molecule has 5 nitrogen and oxygen atoms in total. The Balaban J connectivity index is 1.36. The number of nitrogens with one attached hydrogen (secondary N) is 1. The van der Waals surface area contributed by atoms with Crippen molar-refractivity contribution in [3.8, 4) is 11.1 Å². The molecule has 1 aromatic carbocycles. The Morgan fingerprint density at radius 3 is 2.64 bits per heavy atom. The molecule has 1 fully saturated rings. The molecule has 1 N–H and O–H groups in total. The van der Waals surface area contributed by atoms with Crippen molar-refractivity contribution in [2.24, 2.45) is 0 Å². The highest BCUT2D eigenvalue weighted by Crippen LogP contribution is 2.43. The van der Waals surface area contributed by atoms with Crippen molar-refractivity contribution in [1.29, 1.82) is 0 Å². The lowest BCUT2D eigenvalue weighted by atomic mass is 10.1. The molecule has 0 bridgehead atoms. The summed E-state index contributed by atoms with van der Waals surface area (Å²) in [5, 5.41) is 7.51. The second kappa shape index (κ2) is 7.88. The van der Waals surface area contributed by atoms with Gasteiger partial charge in [0.05, 0.1) is 18.7 Å². The lowest BCUT2D eigenvalue weighted by Gasteiger charge is -2.06. The van der Waals surface area contributed by atoms with Crippen LogP contribution in [-0.4, -0.2) is 27.2 Å². The Hall–Kier alpha value is -3.09. The first-order valence-electron chi connectivity index (χ1n) is 9.28. The Morgan fingerprint density at radius 2 is 1.93 bits per heavy atom. The van der Waals surface area contributed by atoms with Gasteiger partial charge in [0.1, 0.15) is 0 Å². The number of halogens is 2. The number of rotatable bonds is 7. The monoisotopic (exact) mass is 382 g/mol. The molecular weight excluding hydrogens is 362 g/mol. The van der Waals surface area contributed by atoms with Gasteiger partial charge in [0.15, 0.2) is 11.6 Å². The quantitative estimate of drug-likeness (QED) is 0.681. The summed E-state index contributed by atoms with van der Waals surface area (Å²) in [7, 11) is 0. The van der Waals surface area contributed by atoms with Crippen molar-refractivity contribution in [3.05, 3.63) is 71.8 Å². The van der Waals surface area contributed by atoms with E-state index >= 15 is 0 Å². The van der Waals surface area contributed by atoms with Crippen LogP contribution in [0.15, 0.2) is 48.9 Å². The Kier molecular flexibility index (Phi) is 5.14. The average molecular weight is 382 g/mol. The standard InChI is InChI=1S/C21H20F2N4O/c22-18-4-1-14(11-19(18)23)12-20(28)25-9-10-27-13-17(15-5-7-24-8-6-15)21(26-27)16-2-3-16/h1,4-8,11,13,16H,2-3,9-10,12H2,(H,25,28). The van der Waals surface area contributed by atoms with E-state index in [0.717, 1.165) is 41.8 Å². The van der Waals surface area contributed by atoms with Crippen molar-refractivity contribution in [2.45, 2.75) is 31.7 Å². The average Bonchev–Trinajstić information content (AvgIpc) is 3.45. The van der Waals surface area contributed by atoms with E-state index in [-0.39, 0.29) is 12.3 Å². The summed E-state index contributed by atoms with van der Waals surface area (Å²) >= 11 is 0. The molecule has 0 radical (unpaired) electrons. The number of aromatic nitrogens is 3. The van der Waals surface area contributed by atoms with Crippen LogP contribution < -0.4 is 5.32 Å². The smallest absolute Gasteiger partial charge is 0.224 e. The van der Waals surface area contributed by atoms with E-state index in [1.165, 1.54) is 6.07 Å². The van der Waals surface area contributed by atoms with Crippen molar-refractivity contribution >= 4 is 5.91 Å². The van der Waals surface area contributed by atoms with E-state index < -0.39 is 11.6 Å². The van der Waals surface area contributed by atoms with Gasteiger partial charge in [0.2, 0.25) is 5.91 Å². The highest BCUT2D eigenvalue weighted by atomic mass is 19.2. The van der Waals surface area contributed by atoms with Crippen LogP contribution in [0.25, 0.3) is 11.1 Å². The molecule has 1 saturated carbocycles. The van der Waals surface area contributed by atoms with Gasteiger partial charge in [-0.2, -0.15) is 5.10 Å². The van der Waals surface area contributed by atoms with Crippen LogP contribution in [0.2, 0.25) is 0 Å². The minimum Gasteiger partial charge on any atom is -0.354 e. The molecule has 0 aliphatic heterocycles. The Labute approximate surface area is 161 Å². The van der Waals surface area contributed by atoms with Gasteiger partial charge in [-0.05, 0) is 48.2 Å². The highest BCUT2D eigenvalue weighted by Gasteiger charge is 2.29. The van der Waals surface area contributed by atoms with Gasteiger partial charge in [-0.3, -0.25) is 14.5 Å². The van der Waals surface area contributed by atoms with Crippen LogP contribution in [-0.2, 0) is 17.8 Å². The second-order valence-electron chi connectivity index (χ2n) is 6.98. The fourth-order valence-electron chi connectivity index (χ4n) is 3.17. The summed E-state index contributed by atoms with van der Waals surface area (Å²) in [5.74, 6) is -1.60. The second-order valence-corrected chi connectivity index (χ2v) is 6.98. The molecule has 1 amide bonds. The van der Waals surface area contributed by atoms with Crippen LogP contribution in [0, 0.1) is 11.6 Å². The molecule has 4 rings (SSSR count). The van der Waals surface area contributed by atoms with Crippen molar-refractivity contribution < 1.29 is 13.6 Å². The summed E-state index contributed by atoms with van der Waals surface area (Å²) in [6, 6.07) is 7.43. The van der Waals surface area contributed by atoms with Crippen molar-refractivity contribution in [2.75, 3.05) is 6.54 Å². The molecule has 2 heterocycles. The first-order chi connectivity index (χ1) is 13.6. The maximum absolute atomic E-state index is 13.2. The molecule has 0 spiro atoms. The zero-order chi connectivity index (χ0) is 19.5. The minimum atomic E-state index is -0.946. The van der Waals surface area contributed by atoms with E-state index in [1.54, 1.807) is 12.4 Å². The normalized spacial score (nSPS) is 13.5. The fraction of sp³-hybridized carbons (Fsp3) is 0.286. The van der Waals surface area contributed by atoms with Gasteiger partial charge in [0.25, 0.3) is 0 Å². The first-order valence-corrected chi connectivity index (χ1v) is 9.28. The summed E-state index contributed by atoms with van der Waals surface area (Å²) in [4.78, 5) is 16.1. The number of pyridine rings is 1. The molecule has 1 aliphatic rings. The Morgan fingerprint density at radius 1 is 1.14 bits per heavy atom. The van der Waals surface area contributed by atoms with Gasteiger partial charge in [0, 0.05) is 36.6 Å². The third kappa shape index (κ3) is 4.24. The molecular formula is C21H20F2N4O. The maximum Gasteiger partial charge on any atom is 0.224 e. The minimum absolute atomic E-state index is 0.00585. The summed E-state index contributed by atoms with van der Waals surface area (Å²) in [5.41, 5.74) is 3.73. The molecule has 144 valence electrons. The lowest BCUT2D eigenvalue weighted by molar-refractivity contribution is -0.120. The SMILES string of the molecule is O=C(Cc1ccc(F)c(F)c1)NCCn1cc(-c2ccncc2)c(C2CC2)n1. The first kappa shape index (κ1) is 18.3. The van der Waals surface area contributed by atoms with E-state index in [4.69, 9.17) is 5.10 Å². The number of benzene rings is 1. The van der Waals surface area contributed by atoms with Crippen molar-refractivity contribution in [1.82, 2.24) is 20.1 Å². The van der Waals surface area contributed by atoms with Gasteiger partial charge in [-0.15, -0.1) is 0 Å². The van der Waals surface area contributed by atoms with Crippen LogP contribution in [0.4, 0.5) is 8.78 Å². The van der Waals surface area contributed by atoms with Gasteiger partial charge >= 0.3 is 0 Å². The van der Waals surface area contributed by atoms with Crippen LogP contribution in [0.1, 0.15) is 30.0 Å². The van der Waals surface area contributed by atoms with Gasteiger partial charge in [-0.25, -0.2) is 8.78 Å². The topological polar surface area (TPSA) is 59.8 Å². The molecule has 2 aromatic heterocycles. The predicted molar refractivity (Wildman–Crippen MR) is 101 cm³/mol. The molecule has 1 aliphatic carbocycles. The molecule has 0 saturated heterocycles. The fourth-order valence-corrected chi connectivity index (χ4v) is 3.17. The zero-order valence-electron chi connectivity index (χ0n) is 15.2. The number of amides is 1. The number of hydrogen-bond acceptors (Lipinski definition) is 3. The van der Waals surface area contributed by atoms with E-state index in [1.807, 2.05) is 23.0 Å². The maximum atomic E-state index is 13.2. The molecule has 28 heavy (non-hydrogen) atoms. The molecule has 0 atom stereocenters. The predicted octanol–water partition coefficient (Wildman–Crippen LogP) is 3.46. The van der Waals surface area contributed by atoms with E-state index in [0.29, 0.717) is 24.6 Å². The van der Waals surface area contributed by atoms with E-state index in [2.05, 4.69) is 10.3 Å². The van der Waals surface area contributed by atoms with Gasteiger partial charge < -0.3 is 5.32 Å². The number of carbonyl (C=O) groups is 1. The third-order valence-corrected chi connectivity index (χ3v) is 4.76. The van der Waals surface area contributed by atoms with Gasteiger partial charge in [-0.1, -0.05) is 6.07 Å². The number of nitrogens with zero attached hydrogens (tertiary/aromatic N) is 3. The van der Waals surface area contributed by atoms with E-state index in [9.17, 15) is 13.6 Å². The largest absolute Gasteiger partial charge is 0.354 e. The number of hydrogen-bond donors (Lipinski definition) is 1. The van der Waals surface area contributed by atoms with Crippen molar-refractivity contribution in [3.63, 3.8) is 0 Å². The summed E-state index contributed by atoms with van der Waals surface area (Å²) in [6.07, 6.45) is 7.85.